The van der Waals surface area contributed by atoms with Crippen LogP contribution in [0.4, 0.5) is 5.69 Å². The summed E-state index contributed by atoms with van der Waals surface area (Å²) in [4.78, 5) is 12.1. The van der Waals surface area contributed by atoms with Crippen LogP contribution in [0.15, 0.2) is 24.3 Å². The smallest absolute Gasteiger partial charge is 0.224 e. The predicted octanol–water partition coefficient (Wildman–Crippen LogP) is 3.53. The molecule has 3 heteroatoms. The SMILES string of the molecule is CC(C)c1ccccc1NC(=O)CCC1CCCNC1. The van der Waals surface area contributed by atoms with Crippen molar-refractivity contribution >= 4 is 11.6 Å². The molecule has 1 aromatic rings. The second kappa shape index (κ2) is 7.44. The molecule has 1 heterocycles. The first-order valence-corrected chi connectivity index (χ1v) is 7.76. The van der Waals surface area contributed by atoms with Crippen LogP contribution in [0.25, 0.3) is 0 Å². The zero-order valence-electron chi connectivity index (χ0n) is 12.6. The molecule has 1 fully saturated rings. The number of carbonyl (C=O) groups excluding carboxylic acids is 1. The summed E-state index contributed by atoms with van der Waals surface area (Å²) < 4.78 is 0. The summed E-state index contributed by atoms with van der Waals surface area (Å²) >= 11 is 0. The Labute approximate surface area is 122 Å². The van der Waals surface area contributed by atoms with Crippen molar-refractivity contribution in [1.82, 2.24) is 5.32 Å². The fourth-order valence-corrected chi connectivity index (χ4v) is 2.83. The number of hydrogen-bond donors (Lipinski definition) is 2. The summed E-state index contributed by atoms with van der Waals surface area (Å²) in [5.41, 5.74) is 2.18. The molecule has 3 nitrogen and oxygen atoms in total. The molecule has 2 N–H and O–H groups in total. The van der Waals surface area contributed by atoms with Gasteiger partial charge in [0.15, 0.2) is 0 Å². The zero-order chi connectivity index (χ0) is 14.4. The van der Waals surface area contributed by atoms with Crippen LogP contribution in [-0.2, 0) is 4.79 Å². The quantitative estimate of drug-likeness (QED) is 0.862. The van der Waals surface area contributed by atoms with E-state index in [0.29, 0.717) is 18.3 Å². The second-order valence-corrected chi connectivity index (χ2v) is 6.04. The maximum atomic E-state index is 12.1. The third kappa shape index (κ3) is 4.34. The van der Waals surface area contributed by atoms with E-state index in [2.05, 4.69) is 30.5 Å². The maximum Gasteiger partial charge on any atom is 0.224 e. The molecule has 1 aromatic carbocycles. The Morgan fingerprint density at radius 1 is 1.40 bits per heavy atom. The molecule has 1 amide bonds. The Balaban J connectivity index is 1.85. The van der Waals surface area contributed by atoms with Crippen molar-refractivity contribution in [2.75, 3.05) is 18.4 Å². The van der Waals surface area contributed by atoms with Gasteiger partial charge in [0.25, 0.3) is 0 Å². The van der Waals surface area contributed by atoms with E-state index >= 15 is 0 Å². The molecule has 110 valence electrons. The number of rotatable bonds is 5. The molecule has 1 aliphatic heterocycles. The molecular formula is C17H26N2O. The lowest BCUT2D eigenvalue weighted by Gasteiger charge is -2.22. The van der Waals surface area contributed by atoms with Crippen LogP contribution in [0.1, 0.15) is 51.0 Å². The molecule has 20 heavy (non-hydrogen) atoms. The van der Waals surface area contributed by atoms with Crippen LogP contribution in [0.2, 0.25) is 0 Å². The summed E-state index contributed by atoms with van der Waals surface area (Å²) in [5, 5.41) is 6.47. The third-order valence-electron chi connectivity index (χ3n) is 4.04. The van der Waals surface area contributed by atoms with Gasteiger partial charge in [-0.25, -0.2) is 0 Å². The Morgan fingerprint density at radius 3 is 2.90 bits per heavy atom. The van der Waals surface area contributed by atoms with Gasteiger partial charge in [-0.05, 0) is 55.8 Å². The van der Waals surface area contributed by atoms with Crippen molar-refractivity contribution in [3.05, 3.63) is 29.8 Å². The van der Waals surface area contributed by atoms with Crippen LogP contribution in [0.3, 0.4) is 0 Å². The standard InChI is InChI=1S/C17H26N2O/c1-13(2)15-7-3-4-8-16(15)19-17(20)10-9-14-6-5-11-18-12-14/h3-4,7-8,13-14,18H,5-6,9-12H2,1-2H3,(H,19,20). The van der Waals surface area contributed by atoms with E-state index in [0.717, 1.165) is 25.2 Å². The Bertz CT molecular complexity index is 436. The first-order valence-electron chi connectivity index (χ1n) is 7.76. The van der Waals surface area contributed by atoms with Crippen molar-refractivity contribution in [1.29, 1.82) is 0 Å². The van der Waals surface area contributed by atoms with E-state index in [-0.39, 0.29) is 5.91 Å². The van der Waals surface area contributed by atoms with Crippen molar-refractivity contribution in [3.63, 3.8) is 0 Å². The van der Waals surface area contributed by atoms with Crippen molar-refractivity contribution in [2.24, 2.45) is 5.92 Å². The minimum atomic E-state index is 0.142. The van der Waals surface area contributed by atoms with Gasteiger partial charge in [0.1, 0.15) is 0 Å². The van der Waals surface area contributed by atoms with E-state index in [1.165, 1.54) is 18.4 Å². The van der Waals surface area contributed by atoms with E-state index in [1.54, 1.807) is 0 Å². The van der Waals surface area contributed by atoms with Gasteiger partial charge in [0.05, 0.1) is 0 Å². The largest absolute Gasteiger partial charge is 0.326 e. The summed E-state index contributed by atoms with van der Waals surface area (Å²) in [6.45, 7) is 6.50. The van der Waals surface area contributed by atoms with Crippen LogP contribution in [0, 0.1) is 5.92 Å². The number of amides is 1. The molecule has 1 unspecified atom stereocenters. The molecule has 1 saturated heterocycles. The first kappa shape index (κ1) is 15.0. The number of para-hydroxylation sites is 1. The van der Waals surface area contributed by atoms with Gasteiger partial charge in [-0.1, -0.05) is 32.0 Å². The lowest BCUT2D eigenvalue weighted by Crippen LogP contribution is -2.30. The van der Waals surface area contributed by atoms with Gasteiger partial charge >= 0.3 is 0 Å². The lowest BCUT2D eigenvalue weighted by atomic mass is 9.94. The number of piperidine rings is 1. The fourth-order valence-electron chi connectivity index (χ4n) is 2.83. The van der Waals surface area contributed by atoms with Crippen molar-refractivity contribution in [2.45, 2.75) is 45.4 Å². The van der Waals surface area contributed by atoms with E-state index in [9.17, 15) is 4.79 Å². The highest BCUT2D eigenvalue weighted by atomic mass is 16.1. The van der Waals surface area contributed by atoms with Gasteiger partial charge < -0.3 is 10.6 Å². The summed E-state index contributed by atoms with van der Waals surface area (Å²) in [7, 11) is 0. The average molecular weight is 274 g/mol. The summed E-state index contributed by atoms with van der Waals surface area (Å²) in [6, 6.07) is 8.09. The Hall–Kier alpha value is -1.35. The highest BCUT2D eigenvalue weighted by Crippen LogP contribution is 2.24. The molecule has 0 saturated carbocycles. The van der Waals surface area contributed by atoms with Gasteiger partial charge in [-0.2, -0.15) is 0 Å². The van der Waals surface area contributed by atoms with Crippen LogP contribution in [-0.4, -0.2) is 19.0 Å². The first-order chi connectivity index (χ1) is 9.66. The maximum absolute atomic E-state index is 12.1. The molecule has 1 atom stereocenters. The van der Waals surface area contributed by atoms with Crippen LogP contribution < -0.4 is 10.6 Å². The molecule has 1 aliphatic rings. The van der Waals surface area contributed by atoms with Crippen molar-refractivity contribution < 1.29 is 4.79 Å². The topological polar surface area (TPSA) is 41.1 Å². The van der Waals surface area contributed by atoms with Gasteiger partial charge in [0, 0.05) is 12.1 Å². The molecule has 0 radical (unpaired) electrons. The van der Waals surface area contributed by atoms with Crippen LogP contribution in [0.5, 0.6) is 0 Å². The number of benzene rings is 1. The fraction of sp³-hybridized carbons (Fsp3) is 0.588. The molecule has 0 bridgehead atoms. The number of carbonyl (C=O) groups is 1. The molecular weight excluding hydrogens is 248 g/mol. The zero-order valence-corrected chi connectivity index (χ0v) is 12.6. The van der Waals surface area contributed by atoms with Crippen LogP contribution >= 0.6 is 0 Å². The Kier molecular flexibility index (Phi) is 5.60. The molecule has 0 spiro atoms. The second-order valence-electron chi connectivity index (χ2n) is 6.04. The lowest BCUT2D eigenvalue weighted by molar-refractivity contribution is -0.116. The normalized spacial score (nSPS) is 19.1. The van der Waals surface area contributed by atoms with E-state index in [4.69, 9.17) is 0 Å². The average Bonchev–Trinajstić information content (AvgIpc) is 2.46. The number of anilines is 1. The third-order valence-corrected chi connectivity index (χ3v) is 4.04. The highest BCUT2D eigenvalue weighted by molar-refractivity contribution is 5.91. The van der Waals surface area contributed by atoms with E-state index in [1.807, 2.05) is 18.2 Å². The monoisotopic (exact) mass is 274 g/mol. The number of nitrogens with one attached hydrogen (secondary N) is 2. The van der Waals surface area contributed by atoms with Crippen molar-refractivity contribution in [3.8, 4) is 0 Å². The molecule has 0 aliphatic carbocycles. The summed E-state index contributed by atoms with van der Waals surface area (Å²) in [5.74, 6) is 1.23. The Morgan fingerprint density at radius 2 is 2.20 bits per heavy atom. The minimum Gasteiger partial charge on any atom is -0.326 e. The number of hydrogen-bond acceptors (Lipinski definition) is 2. The highest BCUT2D eigenvalue weighted by Gasteiger charge is 2.15. The van der Waals surface area contributed by atoms with Gasteiger partial charge in [-0.3, -0.25) is 4.79 Å². The molecule has 0 aromatic heterocycles. The van der Waals surface area contributed by atoms with E-state index < -0.39 is 0 Å². The van der Waals surface area contributed by atoms with Gasteiger partial charge in [-0.15, -0.1) is 0 Å². The summed E-state index contributed by atoms with van der Waals surface area (Å²) in [6.07, 6.45) is 4.10. The molecule has 2 rings (SSSR count). The minimum absolute atomic E-state index is 0.142. The predicted molar refractivity (Wildman–Crippen MR) is 84.0 cm³/mol. The van der Waals surface area contributed by atoms with Gasteiger partial charge in [0.2, 0.25) is 5.91 Å².